The lowest BCUT2D eigenvalue weighted by Gasteiger charge is -2.18. The van der Waals surface area contributed by atoms with Crippen molar-refractivity contribution in [2.24, 2.45) is 0 Å². The van der Waals surface area contributed by atoms with E-state index < -0.39 is 5.97 Å². The molecular formula is C15H18O4. The van der Waals surface area contributed by atoms with Gasteiger partial charge in [-0.25, -0.2) is 4.79 Å². The fourth-order valence-corrected chi connectivity index (χ4v) is 2.51. The predicted molar refractivity (Wildman–Crippen MR) is 70.1 cm³/mol. The minimum Gasteiger partial charge on any atom is -0.469 e. The molecule has 1 aliphatic carbocycles. The molecule has 0 bridgehead atoms. The van der Waals surface area contributed by atoms with Crippen molar-refractivity contribution in [3.8, 4) is 0 Å². The van der Waals surface area contributed by atoms with E-state index >= 15 is 0 Å². The number of hydrogen-bond acceptors (Lipinski definition) is 4. The van der Waals surface area contributed by atoms with Gasteiger partial charge in [-0.3, -0.25) is 4.79 Å². The van der Waals surface area contributed by atoms with Crippen LogP contribution in [0.5, 0.6) is 0 Å². The standard InChI is InChI=1S/C15H18O4/c1-18-14(16)9-12-7-10-5-3-4-6-11(10)8-13(12)15(17)19-2/h7-8H,3-6,9H2,1-2H3. The number of carbonyl (C=O) groups is 2. The summed E-state index contributed by atoms with van der Waals surface area (Å²) < 4.78 is 9.47. The minimum atomic E-state index is -0.396. The lowest BCUT2D eigenvalue weighted by Crippen LogP contribution is -2.14. The Hall–Kier alpha value is -1.84. The number of aryl methyl sites for hydroxylation is 2. The number of carbonyl (C=O) groups excluding carboxylic acids is 2. The highest BCUT2D eigenvalue weighted by atomic mass is 16.5. The van der Waals surface area contributed by atoms with Crippen LogP contribution < -0.4 is 0 Å². The summed E-state index contributed by atoms with van der Waals surface area (Å²) in [4.78, 5) is 23.3. The average molecular weight is 262 g/mol. The van der Waals surface area contributed by atoms with E-state index in [-0.39, 0.29) is 12.4 Å². The maximum atomic E-state index is 11.8. The Bertz CT molecular complexity index is 505. The molecule has 2 rings (SSSR count). The summed E-state index contributed by atoms with van der Waals surface area (Å²) in [6.45, 7) is 0. The van der Waals surface area contributed by atoms with Crippen molar-refractivity contribution in [2.75, 3.05) is 14.2 Å². The molecule has 0 aliphatic heterocycles. The topological polar surface area (TPSA) is 52.6 Å². The second kappa shape index (κ2) is 5.87. The van der Waals surface area contributed by atoms with E-state index in [1.165, 1.54) is 25.3 Å². The Morgan fingerprint density at radius 2 is 1.68 bits per heavy atom. The van der Waals surface area contributed by atoms with Gasteiger partial charge in [-0.15, -0.1) is 0 Å². The van der Waals surface area contributed by atoms with E-state index in [9.17, 15) is 9.59 Å². The highest BCUT2D eigenvalue weighted by Gasteiger charge is 2.19. The van der Waals surface area contributed by atoms with Crippen molar-refractivity contribution in [1.82, 2.24) is 0 Å². The van der Waals surface area contributed by atoms with E-state index in [0.29, 0.717) is 11.1 Å². The number of benzene rings is 1. The normalized spacial score (nSPS) is 13.6. The molecule has 0 N–H and O–H groups in total. The third kappa shape index (κ3) is 2.95. The molecule has 0 spiro atoms. The molecule has 1 aliphatic rings. The van der Waals surface area contributed by atoms with Crippen molar-refractivity contribution in [3.05, 3.63) is 34.4 Å². The first kappa shape index (κ1) is 13.6. The van der Waals surface area contributed by atoms with Gasteiger partial charge in [-0.1, -0.05) is 6.07 Å². The van der Waals surface area contributed by atoms with Crippen LogP contribution in [0.25, 0.3) is 0 Å². The van der Waals surface area contributed by atoms with Crippen molar-refractivity contribution in [1.29, 1.82) is 0 Å². The first-order chi connectivity index (χ1) is 9.15. The van der Waals surface area contributed by atoms with Crippen LogP contribution in [0.4, 0.5) is 0 Å². The molecule has 1 aromatic carbocycles. The summed E-state index contributed by atoms with van der Waals surface area (Å²) >= 11 is 0. The van der Waals surface area contributed by atoms with Crippen LogP contribution >= 0.6 is 0 Å². The molecule has 1 aromatic rings. The fraction of sp³-hybridized carbons (Fsp3) is 0.467. The highest BCUT2D eigenvalue weighted by molar-refractivity contribution is 5.93. The summed E-state index contributed by atoms with van der Waals surface area (Å²) in [7, 11) is 2.70. The van der Waals surface area contributed by atoms with Gasteiger partial charge in [0.25, 0.3) is 0 Å². The zero-order chi connectivity index (χ0) is 13.8. The molecule has 4 heteroatoms. The third-order valence-corrected chi connectivity index (χ3v) is 3.54. The molecule has 4 nitrogen and oxygen atoms in total. The molecule has 0 aromatic heterocycles. The fourth-order valence-electron chi connectivity index (χ4n) is 2.51. The van der Waals surface area contributed by atoms with Gasteiger partial charge in [-0.2, -0.15) is 0 Å². The van der Waals surface area contributed by atoms with Crippen molar-refractivity contribution < 1.29 is 19.1 Å². The Kier molecular flexibility index (Phi) is 4.20. The van der Waals surface area contributed by atoms with Crippen molar-refractivity contribution in [3.63, 3.8) is 0 Å². The van der Waals surface area contributed by atoms with Gasteiger partial charge >= 0.3 is 11.9 Å². The summed E-state index contributed by atoms with van der Waals surface area (Å²) in [6.07, 6.45) is 4.39. The van der Waals surface area contributed by atoms with E-state index in [0.717, 1.165) is 25.7 Å². The molecule has 0 amide bonds. The van der Waals surface area contributed by atoms with Crippen LogP contribution in [0.1, 0.15) is 39.9 Å². The third-order valence-electron chi connectivity index (χ3n) is 3.54. The summed E-state index contributed by atoms with van der Waals surface area (Å²) in [5.74, 6) is -0.742. The van der Waals surface area contributed by atoms with Crippen LogP contribution in [0.2, 0.25) is 0 Å². The monoisotopic (exact) mass is 262 g/mol. The van der Waals surface area contributed by atoms with Crippen LogP contribution in [0.3, 0.4) is 0 Å². The average Bonchev–Trinajstić information content (AvgIpc) is 2.45. The number of ether oxygens (including phenoxy) is 2. The smallest absolute Gasteiger partial charge is 0.338 e. The van der Waals surface area contributed by atoms with Gasteiger partial charge in [0.15, 0.2) is 0 Å². The number of methoxy groups -OCH3 is 2. The number of hydrogen-bond donors (Lipinski definition) is 0. The Morgan fingerprint density at radius 1 is 1.05 bits per heavy atom. The largest absolute Gasteiger partial charge is 0.469 e. The minimum absolute atomic E-state index is 0.105. The quantitative estimate of drug-likeness (QED) is 0.782. The molecule has 0 atom stereocenters. The molecule has 0 saturated carbocycles. The van der Waals surface area contributed by atoms with Gasteiger partial charge in [0.2, 0.25) is 0 Å². The van der Waals surface area contributed by atoms with Crippen LogP contribution in [-0.4, -0.2) is 26.2 Å². The second-order valence-electron chi connectivity index (χ2n) is 4.73. The van der Waals surface area contributed by atoms with Crippen LogP contribution in [0.15, 0.2) is 12.1 Å². The first-order valence-electron chi connectivity index (χ1n) is 6.45. The van der Waals surface area contributed by atoms with E-state index in [1.807, 2.05) is 12.1 Å². The Labute approximate surface area is 112 Å². The second-order valence-corrected chi connectivity index (χ2v) is 4.73. The zero-order valence-corrected chi connectivity index (χ0v) is 11.3. The molecule has 0 radical (unpaired) electrons. The van der Waals surface area contributed by atoms with Crippen molar-refractivity contribution in [2.45, 2.75) is 32.1 Å². The van der Waals surface area contributed by atoms with Crippen LogP contribution in [-0.2, 0) is 33.5 Å². The number of fused-ring (bicyclic) bond motifs is 1. The van der Waals surface area contributed by atoms with E-state index in [4.69, 9.17) is 4.74 Å². The summed E-state index contributed by atoms with van der Waals surface area (Å²) in [6, 6.07) is 3.83. The molecule has 0 unspecified atom stereocenters. The summed E-state index contributed by atoms with van der Waals surface area (Å²) in [5, 5.41) is 0. The number of esters is 2. The SMILES string of the molecule is COC(=O)Cc1cc2c(cc1C(=O)OC)CCCC2. The number of rotatable bonds is 3. The van der Waals surface area contributed by atoms with Gasteiger partial charge in [0.05, 0.1) is 26.2 Å². The van der Waals surface area contributed by atoms with Gasteiger partial charge < -0.3 is 9.47 Å². The molecule has 0 fully saturated rings. The molecule has 19 heavy (non-hydrogen) atoms. The van der Waals surface area contributed by atoms with E-state index in [1.54, 1.807) is 0 Å². The lowest BCUT2D eigenvalue weighted by molar-refractivity contribution is -0.139. The Balaban J connectivity index is 2.42. The predicted octanol–water partition coefficient (Wildman–Crippen LogP) is 2.07. The molecule has 0 saturated heterocycles. The summed E-state index contributed by atoms with van der Waals surface area (Å²) in [5.41, 5.74) is 3.60. The van der Waals surface area contributed by atoms with Gasteiger partial charge in [0, 0.05) is 0 Å². The first-order valence-corrected chi connectivity index (χ1v) is 6.45. The van der Waals surface area contributed by atoms with Crippen molar-refractivity contribution >= 4 is 11.9 Å². The molecular weight excluding hydrogens is 244 g/mol. The maximum absolute atomic E-state index is 11.8. The molecule has 0 heterocycles. The van der Waals surface area contributed by atoms with E-state index in [2.05, 4.69) is 4.74 Å². The maximum Gasteiger partial charge on any atom is 0.338 e. The zero-order valence-electron chi connectivity index (χ0n) is 11.3. The van der Waals surface area contributed by atoms with Crippen LogP contribution in [0, 0.1) is 0 Å². The van der Waals surface area contributed by atoms with Gasteiger partial charge in [0.1, 0.15) is 0 Å². The van der Waals surface area contributed by atoms with Gasteiger partial charge in [-0.05, 0) is 48.4 Å². The highest BCUT2D eigenvalue weighted by Crippen LogP contribution is 2.26. The Morgan fingerprint density at radius 3 is 2.26 bits per heavy atom. The lowest BCUT2D eigenvalue weighted by atomic mass is 9.87. The molecule has 102 valence electrons.